The quantitative estimate of drug-likeness (QED) is 0.641. The number of ether oxygens (including phenoxy) is 2. The molecule has 4 heteroatoms. The van der Waals surface area contributed by atoms with Crippen molar-refractivity contribution in [3.05, 3.63) is 77.0 Å². The minimum atomic E-state index is 0.533. The smallest absolute Gasteiger partial charge is 0.122 e. The van der Waals surface area contributed by atoms with E-state index in [4.69, 9.17) is 21.1 Å². The zero-order valence-electron chi connectivity index (χ0n) is 13.7. The van der Waals surface area contributed by atoms with Gasteiger partial charge in [-0.15, -0.1) is 0 Å². The molecule has 3 nitrogen and oxygen atoms in total. The SMILES string of the molecule is Clc1c(C2=CCOCC2)cnc2cc(OCc3ccccc3)ccc12. The maximum Gasteiger partial charge on any atom is 0.122 e. The summed E-state index contributed by atoms with van der Waals surface area (Å²) in [4.78, 5) is 4.59. The lowest BCUT2D eigenvalue weighted by atomic mass is 10.0. The van der Waals surface area contributed by atoms with Crippen LogP contribution >= 0.6 is 11.6 Å². The van der Waals surface area contributed by atoms with Gasteiger partial charge < -0.3 is 9.47 Å². The average molecular weight is 352 g/mol. The lowest BCUT2D eigenvalue weighted by molar-refractivity contribution is 0.161. The second-order valence-electron chi connectivity index (χ2n) is 5.99. The number of hydrogen-bond donors (Lipinski definition) is 0. The number of pyridine rings is 1. The fourth-order valence-corrected chi connectivity index (χ4v) is 3.30. The van der Waals surface area contributed by atoms with E-state index in [9.17, 15) is 0 Å². The summed E-state index contributed by atoms with van der Waals surface area (Å²) in [6.07, 6.45) is 4.80. The fourth-order valence-electron chi connectivity index (χ4n) is 2.97. The van der Waals surface area contributed by atoms with Crippen molar-refractivity contribution in [1.82, 2.24) is 4.98 Å². The number of benzene rings is 2. The van der Waals surface area contributed by atoms with Crippen LogP contribution in [0, 0.1) is 0 Å². The molecule has 126 valence electrons. The molecule has 1 aliphatic rings. The van der Waals surface area contributed by atoms with Crippen LogP contribution in [0.15, 0.2) is 60.8 Å². The zero-order valence-corrected chi connectivity index (χ0v) is 14.5. The fraction of sp³-hybridized carbons (Fsp3) is 0.190. The molecule has 0 fully saturated rings. The topological polar surface area (TPSA) is 31.4 Å². The summed E-state index contributed by atoms with van der Waals surface area (Å²) in [5, 5.41) is 1.69. The third-order valence-corrected chi connectivity index (χ3v) is 4.74. The summed E-state index contributed by atoms with van der Waals surface area (Å²) in [5.74, 6) is 0.790. The molecule has 0 saturated heterocycles. The van der Waals surface area contributed by atoms with E-state index in [1.807, 2.05) is 54.7 Å². The van der Waals surface area contributed by atoms with E-state index in [1.54, 1.807) is 0 Å². The van der Waals surface area contributed by atoms with Crippen LogP contribution in [0.4, 0.5) is 0 Å². The van der Waals surface area contributed by atoms with E-state index >= 15 is 0 Å². The molecule has 0 N–H and O–H groups in total. The van der Waals surface area contributed by atoms with Gasteiger partial charge in [0.2, 0.25) is 0 Å². The van der Waals surface area contributed by atoms with Gasteiger partial charge in [-0.2, -0.15) is 0 Å². The maximum absolute atomic E-state index is 6.64. The summed E-state index contributed by atoms with van der Waals surface area (Å²) in [5.41, 5.74) is 4.17. The van der Waals surface area contributed by atoms with Crippen molar-refractivity contribution >= 4 is 28.1 Å². The van der Waals surface area contributed by atoms with Gasteiger partial charge in [0, 0.05) is 23.2 Å². The molecular formula is C21H18ClNO2. The molecule has 0 amide bonds. The number of halogens is 1. The van der Waals surface area contributed by atoms with Crippen LogP contribution in [0.2, 0.25) is 5.02 Å². The molecule has 0 bridgehead atoms. The highest BCUT2D eigenvalue weighted by atomic mass is 35.5. The van der Waals surface area contributed by atoms with E-state index in [2.05, 4.69) is 11.1 Å². The molecule has 0 unspecified atom stereocenters. The summed E-state index contributed by atoms with van der Waals surface area (Å²) >= 11 is 6.64. The predicted octanol–water partition coefficient (Wildman–Crippen LogP) is 5.27. The van der Waals surface area contributed by atoms with Crippen LogP contribution in [0.3, 0.4) is 0 Å². The Morgan fingerprint density at radius 1 is 1.12 bits per heavy atom. The molecular weight excluding hydrogens is 334 g/mol. The highest BCUT2D eigenvalue weighted by Crippen LogP contribution is 2.34. The highest BCUT2D eigenvalue weighted by Gasteiger charge is 2.13. The summed E-state index contributed by atoms with van der Waals surface area (Å²) in [7, 11) is 0. The molecule has 1 aromatic heterocycles. The number of hydrogen-bond acceptors (Lipinski definition) is 3. The maximum atomic E-state index is 6.64. The Kier molecular flexibility index (Phi) is 4.68. The first-order valence-electron chi connectivity index (χ1n) is 8.33. The van der Waals surface area contributed by atoms with Gasteiger partial charge in [-0.25, -0.2) is 0 Å². The van der Waals surface area contributed by atoms with E-state index in [0.717, 1.165) is 45.8 Å². The Labute approximate surface area is 151 Å². The van der Waals surface area contributed by atoms with E-state index < -0.39 is 0 Å². The molecule has 0 radical (unpaired) electrons. The molecule has 0 atom stereocenters. The largest absolute Gasteiger partial charge is 0.489 e. The molecule has 3 aromatic rings. The lowest BCUT2D eigenvalue weighted by Gasteiger charge is -2.16. The Morgan fingerprint density at radius 3 is 2.80 bits per heavy atom. The van der Waals surface area contributed by atoms with Gasteiger partial charge in [-0.3, -0.25) is 4.98 Å². The van der Waals surface area contributed by atoms with E-state index in [-0.39, 0.29) is 0 Å². The zero-order chi connectivity index (χ0) is 17.1. The Morgan fingerprint density at radius 2 is 2.00 bits per heavy atom. The van der Waals surface area contributed by atoms with Crippen LogP contribution in [-0.2, 0) is 11.3 Å². The average Bonchev–Trinajstić information content (AvgIpc) is 2.68. The van der Waals surface area contributed by atoms with Gasteiger partial charge in [0.25, 0.3) is 0 Å². The van der Waals surface area contributed by atoms with Gasteiger partial charge >= 0.3 is 0 Å². The minimum Gasteiger partial charge on any atom is -0.489 e. The van der Waals surface area contributed by atoms with Gasteiger partial charge in [-0.1, -0.05) is 48.0 Å². The second-order valence-corrected chi connectivity index (χ2v) is 6.37. The molecule has 25 heavy (non-hydrogen) atoms. The monoisotopic (exact) mass is 351 g/mol. The highest BCUT2D eigenvalue weighted by molar-refractivity contribution is 6.37. The lowest BCUT2D eigenvalue weighted by Crippen LogP contribution is -2.04. The summed E-state index contributed by atoms with van der Waals surface area (Å²) < 4.78 is 11.2. The van der Waals surface area contributed by atoms with Crippen molar-refractivity contribution in [3.63, 3.8) is 0 Å². The predicted molar refractivity (Wildman–Crippen MR) is 101 cm³/mol. The van der Waals surface area contributed by atoms with Crippen molar-refractivity contribution in [2.75, 3.05) is 13.2 Å². The number of rotatable bonds is 4. The van der Waals surface area contributed by atoms with Crippen LogP contribution in [-0.4, -0.2) is 18.2 Å². The molecule has 0 saturated carbocycles. The van der Waals surface area contributed by atoms with Gasteiger partial charge in [-0.05, 0) is 29.7 Å². The number of aromatic nitrogens is 1. The first-order valence-corrected chi connectivity index (χ1v) is 8.71. The van der Waals surface area contributed by atoms with E-state index in [0.29, 0.717) is 13.2 Å². The van der Waals surface area contributed by atoms with Crippen LogP contribution in [0.5, 0.6) is 5.75 Å². The van der Waals surface area contributed by atoms with Crippen LogP contribution in [0.1, 0.15) is 17.5 Å². The van der Waals surface area contributed by atoms with Crippen molar-refractivity contribution < 1.29 is 9.47 Å². The summed E-state index contributed by atoms with van der Waals surface area (Å²) in [6.45, 7) is 1.90. The third kappa shape index (κ3) is 3.53. The molecule has 2 heterocycles. The van der Waals surface area contributed by atoms with Gasteiger partial charge in [0.1, 0.15) is 12.4 Å². The van der Waals surface area contributed by atoms with Crippen LogP contribution < -0.4 is 4.74 Å². The van der Waals surface area contributed by atoms with Crippen molar-refractivity contribution in [2.24, 2.45) is 0 Å². The Bertz CT molecular complexity index is 922. The number of nitrogens with zero attached hydrogens (tertiary/aromatic N) is 1. The molecule has 0 aliphatic carbocycles. The van der Waals surface area contributed by atoms with Crippen molar-refractivity contribution in [1.29, 1.82) is 0 Å². The first kappa shape index (κ1) is 16.1. The third-order valence-electron chi connectivity index (χ3n) is 4.33. The Balaban J connectivity index is 1.60. The van der Waals surface area contributed by atoms with Crippen molar-refractivity contribution in [2.45, 2.75) is 13.0 Å². The summed E-state index contributed by atoms with van der Waals surface area (Å²) in [6, 6.07) is 16.0. The minimum absolute atomic E-state index is 0.533. The van der Waals surface area contributed by atoms with Crippen molar-refractivity contribution in [3.8, 4) is 5.75 Å². The standard InChI is InChI=1S/C21H18ClNO2/c22-21-18-7-6-17(25-14-15-4-2-1-3-5-15)12-20(18)23-13-19(21)16-8-10-24-11-9-16/h1-8,12-13H,9-11,14H2. The van der Waals surface area contributed by atoms with E-state index in [1.165, 1.54) is 5.57 Å². The first-order chi connectivity index (χ1) is 12.3. The number of fused-ring (bicyclic) bond motifs is 1. The molecule has 0 spiro atoms. The van der Waals surface area contributed by atoms with Crippen LogP contribution in [0.25, 0.3) is 16.5 Å². The van der Waals surface area contributed by atoms with Gasteiger partial charge in [0.05, 0.1) is 23.8 Å². The molecule has 2 aromatic carbocycles. The Hall–Kier alpha value is -2.36. The second kappa shape index (κ2) is 7.26. The molecule has 1 aliphatic heterocycles. The molecule has 4 rings (SSSR count). The van der Waals surface area contributed by atoms with Gasteiger partial charge in [0.15, 0.2) is 0 Å². The normalized spacial score (nSPS) is 14.4.